The predicted octanol–water partition coefficient (Wildman–Crippen LogP) is 3.10. The number of benzene rings is 1. The molecule has 17 heavy (non-hydrogen) atoms. The zero-order valence-electron chi connectivity index (χ0n) is 9.74. The van der Waals surface area contributed by atoms with Gasteiger partial charge in [-0.05, 0) is 32.0 Å². The summed E-state index contributed by atoms with van der Waals surface area (Å²) in [6, 6.07) is 4.86. The van der Waals surface area contributed by atoms with Crippen molar-refractivity contribution in [1.82, 2.24) is 4.31 Å². The van der Waals surface area contributed by atoms with Crippen molar-refractivity contribution in [3.63, 3.8) is 0 Å². The maximum Gasteiger partial charge on any atom is 0.301 e. The average molecular weight is 342 g/mol. The molecular formula is C10H14BrClN2O2S. The molecule has 0 heterocycles. The summed E-state index contributed by atoms with van der Waals surface area (Å²) in [6.45, 7) is 3.59. The number of nitrogens with one attached hydrogen (secondary N) is 1. The second kappa shape index (κ2) is 5.56. The van der Waals surface area contributed by atoms with Gasteiger partial charge in [0.25, 0.3) is 0 Å². The highest BCUT2D eigenvalue weighted by molar-refractivity contribution is 9.10. The zero-order chi connectivity index (χ0) is 13.2. The predicted molar refractivity (Wildman–Crippen MR) is 74.6 cm³/mol. The highest BCUT2D eigenvalue weighted by atomic mass is 79.9. The molecule has 0 unspecified atom stereocenters. The van der Waals surface area contributed by atoms with E-state index >= 15 is 0 Å². The summed E-state index contributed by atoms with van der Waals surface area (Å²) in [6.07, 6.45) is 0. The lowest BCUT2D eigenvalue weighted by molar-refractivity contribution is 0.414. The minimum atomic E-state index is -3.57. The molecule has 0 aromatic heterocycles. The maximum atomic E-state index is 11.9. The molecule has 4 nitrogen and oxygen atoms in total. The summed E-state index contributed by atoms with van der Waals surface area (Å²) in [5, 5.41) is 0.355. The molecule has 0 amide bonds. The highest BCUT2D eigenvalue weighted by Gasteiger charge is 2.21. The van der Waals surface area contributed by atoms with Crippen molar-refractivity contribution in [2.45, 2.75) is 19.9 Å². The zero-order valence-corrected chi connectivity index (χ0v) is 12.9. The van der Waals surface area contributed by atoms with E-state index in [1.807, 2.05) is 0 Å². The molecule has 96 valence electrons. The van der Waals surface area contributed by atoms with Crippen LogP contribution in [0.4, 0.5) is 5.69 Å². The van der Waals surface area contributed by atoms with Crippen LogP contribution in [-0.4, -0.2) is 25.8 Å². The first-order valence-corrected chi connectivity index (χ1v) is 7.56. The second-order valence-electron chi connectivity index (χ2n) is 3.84. The van der Waals surface area contributed by atoms with Crippen molar-refractivity contribution in [1.29, 1.82) is 0 Å². The quantitative estimate of drug-likeness (QED) is 0.915. The molecule has 0 saturated heterocycles. The number of nitrogens with zero attached hydrogens (tertiary/aromatic N) is 1. The molecule has 0 aliphatic carbocycles. The number of anilines is 1. The van der Waals surface area contributed by atoms with Crippen molar-refractivity contribution in [2.24, 2.45) is 0 Å². The van der Waals surface area contributed by atoms with Crippen molar-refractivity contribution in [3.8, 4) is 0 Å². The van der Waals surface area contributed by atoms with E-state index in [0.717, 1.165) is 4.47 Å². The summed E-state index contributed by atoms with van der Waals surface area (Å²) in [7, 11) is -2.06. The van der Waals surface area contributed by atoms with Crippen LogP contribution < -0.4 is 4.72 Å². The smallest absolute Gasteiger partial charge is 0.269 e. The molecule has 0 atom stereocenters. The van der Waals surface area contributed by atoms with Gasteiger partial charge in [-0.25, -0.2) is 0 Å². The molecule has 1 rings (SSSR count). The maximum absolute atomic E-state index is 11.9. The summed E-state index contributed by atoms with van der Waals surface area (Å²) < 4.78 is 28.3. The van der Waals surface area contributed by atoms with E-state index in [1.54, 1.807) is 32.0 Å². The van der Waals surface area contributed by atoms with Crippen LogP contribution in [0.5, 0.6) is 0 Å². The Kier molecular flexibility index (Phi) is 4.83. The number of halogens is 2. The van der Waals surface area contributed by atoms with Gasteiger partial charge in [0.05, 0.1) is 10.7 Å². The normalized spacial score (nSPS) is 12.2. The number of rotatable bonds is 4. The van der Waals surface area contributed by atoms with E-state index in [-0.39, 0.29) is 6.04 Å². The van der Waals surface area contributed by atoms with Crippen LogP contribution in [0.25, 0.3) is 0 Å². The molecule has 0 spiro atoms. The molecule has 1 aromatic carbocycles. The third kappa shape index (κ3) is 3.84. The lowest BCUT2D eigenvalue weighted by atomic mass is 10.3. The molecule has 0 bridgehead atoms. The monoisotopic (exact) mass is 340 g/mol. The van der Waals surface area contributed by atoms with Gasteiger partial charge in [-0.3, -0.25) is 4.72 Å². The van der Waals surface area contributed by atoms with Crippen LogP contribution in [0.15, 0.2) is 22.7 Å². The van der Waals surface area contributed by atoms with Gasteiger partial charge >= 0.3 is 10.2 Å². The van der Waals surface area contributed by atoms with Gasteiger partial charge in [0, 0.05) is 17.6 Å². The summed E-state index contributed by atoms with van der Waals surface area (Å²) in [5.41, 5.74) is 0.355. The Labute approximate surface area is 115 Å². The van der Waals surface area contributed by atoms with Gasteiger partial charge in [-0.2, -0.15) is 12.7 Å². The van der Waals surface area contributed by atoms with Gasteiger partial charge in [0.15, 0.2) is 0 Å². The largest absolute Gasteiger partial charge is 0.301 e. The van der Waals surface area contributed by atoms with Gasteiger partial charge in [-0.1, -0.05) is 27.5 Å². The van der Waals surface area contributed by atoms with Crippen LogP contribution in [0.2, 0.25) is 5.02 Å². The van der Waals surface area contributed by atoms with Crippen LogP contribution in [0, 0.1) is 0 Å². The van der Waals surface area contributed by atoms with E-state index in [9.17, 15) is 8.42 Å². The third-order valence-corrected chi connectivity index (χ3v) is 4.75. The lowest BCUT2D eigenvalue weighted by Crippen LogP contribution is -2.37. The molecular weight excluding hydrogens is 328 g/mol. The third-order valence-electron chi connectivity index (χ3n) is 2.27. The fourth-order valence-corrected chi connectivity index (χ4v) is 2.79. The van der Waals surface area contributed by atoms with Crippen LogP contribution in [0.1, 0.15) is 13.8 Å². The molecule has 0 radical (unpaired) electrons. The molecule has 0 saturated carbocycles. The Bertz CT molecular complexity index is 505. The first-order chi connectivity index (χ1) is 7.74. The van der Waals surface area contributed by atoms with Crippen LogP contribution in [-0.2, 0) is 10.2 Å². The van der Waals surface area contributed by atoms with Crippen molar-refractivity contribution in [2.75, 3.05) is 11.8 Å². The second-order valence-corrected chi connectivity index (χ2v) is 6.89. The standard InChI is InChI=1S/C10H14BrClN2O2S/c1-7(2)14(3)17(15,16)13-10-6-8(11)4-5-9(10)12/h4-7,13H,1-3H3. The van der Waals surface area contributed by atoms with E-state index in [2.05, 4.69) is 20.7 Å². The summed E-state index contributed by atoms with van der Waals surface area (Å²) in [4.78, 5) is 0. The highest BCUT2D eigenvalue weighted by Crippen LogP contribution is 2.27. The Morgan fingerprint density at radius 3 is 2.53 bits per heavy atom. The number of hydrogen-bond donors (Lipinski definition) is 1. The van der Waals surface area contributed by atoms with Crippen molar-refractivity contribution < 1.29 is 8.42 Å². The average Bonchev–Trinajstić information content (AvgIpc) is 2.21. The van der Waals surface area contributed by atoms with E-state index in [0.29, 0.717) is 10.7 Å². The van der Waals surface area contributed by atoms with Gasteiger partial charge in [-0.15, -0.1) is 0 Å². The molecule has 7 heteroatoms. The topological polar surface area (TPSA) is 49.4 Å². The molecule has 1 aromatic rings. The Morgan fingerprint density at radius 2 is 2.00 bits per heavy atom. The van der Waals surface area contributed by atoms with E-state index in [1.165, 1.54) is 11.4 Å². The summed E-state index contributed by atoms with van der Waals surface area (Å²) >= 11 is 9.18. The van der Waals surface area contributed by atoms with Gasteiger partial charge in [0.1, 0.15) is 0 Å². The Balaban J connectivity index is 3.02. The fourth-order valence-electron chi connectivity index (χ4n) is 1.06. The lowest BCUT2D eigenvalue weighted by Gasteiger charge is -2.22. The molecule has 0 fully saturated rings. The minimum absolute atomic E-state index is 0.126. The molecule has 0 aliphatic rings. The molecule has 0 aliphatic heterocycles. The molecule has 1 N–H and O–H groups in total. The van der Waals surface area contributed by atoms with E-state index in [4.69, 9.17) is 11.6 Å². The number of hydrogen-bond acceptors (Lipinski definition) is 2. The fraction of sp³-hybridized carbons (Fsp3) is 0.400. The van der Waals surface area contributed by atoms with Gasteiger partial charge < -0.3 is 0 Å². The van der Waals surface area contributed by atoms with Crippen LogP contribution >= 0.6 is 27.5 Å². The minimum Gasteiger partial charge on any atom is -0.269 e. The first-order valence-electron chi connectivity index (χ1n) is 4.95. The Hall–Kier alpha value is -0.300. The van der Waals surface area contributed by atoms with Crippen LogP contribution in [0.3, 0.4) is 0 Å². The summed E-state index contributed by atoms with van der Waals surface area (Å²) in [5.74, 6) is 0. The van der Waals surface area contributed by atoms with Gasteiger partial charge in [0.2, 0.25) is 0 Å². The van der Waals surface area contributed by atoms with Crippen molar-refractivity contribution in [3.05, 3.63) is 27.7 Å². The van der Waals surface area contributed by atoms with E-state index < -0.39 is 10.2 Å². The SMILES string of the molecule is CC(C)N(C)S(=O)(=O)Nc1cc(Br)ccc1Cl. The Morgan fingerprint density at radius 1 is 1.41 bits per heavy atom. The first kappa shape index (κ1) is 14.8. The van der Waals surface area contributed by atoms with Crippen molar-refractivity contribution >= 4 is 43.4 Å².